The molecule has 192 valence electrons. The summed E-state index contributed by atoms with van der Waals surface area (Å²) in [5.74, 6) is -1.10. The second-order valence-electron chi connectivity index (χ2n) is 8.44. The number of rotatable bonds is 8. The van der Waals surface area contributed by atoms with Crippen LogP contribution in [0.15, 0.2) is 77.5 Å². The highest BCUT2D eigenvalue weighted by atomic mass is 16.5. The summed E-state index contributed by atoms with van der Waals surface area (Å²) in [6, 6.07) is 18.9. The SMILES string of the molecule is CCOc1ccc(-c2nn(-c3ccccc3)cc2/C=C2\C(=O)N(CCOC(C)=O)C(=O)C(C#N)=C2C)cc1. The molecule has 4 rings (SSSR count). The number of imide groups is 1. The van der Waals surface area contributed by atoms with Gasteiger partial charge < -0.3 is 9.47 Å². The Morgan fingerprint density at radius 3 is 2.42 bits per heavy atom. The lowest BCUT2D eigenvalue weighted by Gasteiger charge is -2.27. The predicted octanol–water partition coefficient (Wildman–Crippen LogP) is 4.09. The van der Waals surface area contributed by atoms with E-state index in [2.05, 4.69) is 0 Å². The van der Waals surface area contributed by atoms with Crippen molar-refractivity contribution in [3.63, 3.8) is 0 Å². The molecule has 0 atom stereocenters. The van der Waals surface area contributed by atoms with Gasteiger partial charge in [-0.3, -0.25) is 19.3 Å². The Labute approximate surface area is 220 Å². The zero-order chi connectivity index (χ0) is 27.2. The molecule has 0 spiro atoms. The van der Waals surface area contributed by atoms with E-state index >= 15 is 0 Å². The molecule has 0 saturated heterocycles. The van der Waals surface area contributed by atoms with E-state index in [9.17, 15) is 19.6 Å². The fourth-order valence-electron chi connectivity index (χ4n) is 4.07. The fraction of sp³-hybridized carbons (Fsp3) is 0.207. The zero-order valence-corrected chi connectivity index (χ0v) is 21.3. The highest BCUT2D eigenvalue weighted by Crippen LogP contribution is 2.31. The molecule has 1 aromatic heterocycles. The third-order valence-corrected chi connectivity index (χ3v) is 5.95. The lowest BCUT2D eigenvalue weighted by atomic mass is 9.93. The fourth-order valence-corrected chi connectivity index (χ4v) is 4.07. The van der Waals surface area contributed by atoms with E-state index in [1.54, 1.807) is 23.9 Å². The van der Waals surface area contributed by atoms with Crippen LogP contribution in [0, 0.1) is 11.3 Å². The van der Waals surface area contributed by atoms with Crippen LogP contribution in [-0.2, 0) is 19.1 Å². The summed E-state index contributed by atoms with van der Waals surface area (Å²) in [4.78, 5) is 38.4. The first-order chi connectivity index (χ1) is 18.3. The molecular formula is C29H26N4O5. The minimum absolute atomic E-state index is 0.142. The normalized spacial score (nSPS) is 14.6. The first-order valence-electron chi connectivity index (χ1n) is 12.0. The van der Waals surface area contributed by atoms with Gasteiger partial charge in [-0.2, -0.15) is 10.4 Å². The lowest BCUT2D eigenvalue weighted by Crippen LogP contribution is -2.44. The largest absolute Gasteiger partial charge is 0.494 e. The maximum atomic E-state index is 13.4. The van der Waals surface area contributed by atoms with Crippen LogP contribution in [-0.4, -0.2) is 52.2 Å². The maximum Gasteiger partial charge on any atom is 0.302 e. The van der Waals surface area contributed by atoms with Gasteiger partial charge in [0.15, 0.2) is 0 Å². The molecule has 38 heavy (non-hydrogen) atoms. The van der Waals surface area contributed by atoms with Crippen molar-refractivity contribution >= 4 is 23.9 Å². The van der Waals surface area contributed by atoms with Gasteiger partial charge in [0.05, 0.1) is 24.5 Å². The van der Waals surface area contributed by atoms with Gasteiger partial charge in [0.25, 0.3) is 11.8 Å². The smallest absolute Gasteiger partial charge is 0.302 e. The average molecular weight is 511 g/mol. The number of nitriles is 1. The number of aromatic nitrogens is 2. The molecule has 0 radical (unpaired) electrons. The minimum Gasteiger partial charge on any atom is -0.494 e. The van der Waals surface area contributed by atoms with E-state index in [0.717, 1.165) is 21.9 Å². The highest BCUT2D eigenvalue weighted by molar-refractivity contribution is 6.19. The van der Waals surface area contributed by atoms with Crippen molar-refractivity contribution in [3.05, 3.63) is 83.1 Å². The van der Waals surface area contributed by atoms with E-state index in [1.165, 1.54) is 6.92 Å². The van der Waals surface area contributed by atoms with Gasteiger partial charge in [-0.15, -0.1) is 0 Å². The summed E-state index contributed by atoms with van der Waals surface area (Å²) in [5, 5.41) is 14.5. The third-order valence-electron chi connectivity index (χ3n) is 5.95. The topological polar surface area (TPSA) is 115 Å². The molecule has 2 aromatic carbocycles. The van der Waals surface area contributed by atoms with Gasteiger partial charge in [-0.05, 0) is 61.9 Å². The molecule has 0 bridgehead atoms. The van der Waals surface area contributed by atoms with Crippen LogP contribution in [0.3, 0.4) is 0 Å². The molecule has 0 saturated carbocycles. The molecule has 2 heterocycles. The van der Waals surface area contributed by atoms with Crippen molar-refractivity contribution in [1.82, 2.24) is 14.7 Å². The number of hydrogen-bond acceptors (Lipinski definition) is 7. The summed E-state index contributed by atoms with van der Waals surface area (Å²) in [6.07, 6.45) is 3.43. The quantitative estimate of drug-likeness (QED) is 0.255. The van der Waals surface area contributed by atoms with Crippen LogP contribution in [0.25, 0.3) is 23.0 Å². The molecule has 9 nitrogen and oxygen atoms in total. The number of ether oxygens (including phenoxy) is 2. The molecule has 0 fully saturated rings. The second-order valence-corrected chi connectivity index (χ2v) is 8.44. The molecule has 3 aromatic rings. The van der Waals surface area contributed by atoms with Crippen LogP contribution >= 0.6 is 0 Å². The monoisotopic (exact) mass is 510 g/mol. The van der Waals surface area contributed by atoms with Gasteiger partial charge in [-0.25, -0.2) is 4.68 Å². The molecule has 2 amide bonds. The number of hydrogen-bond donors (Lipinski definition) is 0. The summed E-state index contributed by atoms with van der Waals surface area (Å²) < 4.78 is 12.2. The van der Waals surface area contributed by atoms with E-state index in [1.807, 2.05) is 67.6 Å². The Morgan fingerprint density at radius 1 is 1.08 bits per heavy atom. The van der Waals surface area contributed by atoms with Gasteiger partial charge in [0.1, 0.15) is 24.0 Å². The summed E-state index contributed by atoms with van der Waals surface area (Å²) in [7, 11) is 0. The van der Waals surface area contributed by atoms with Crippen molar-refractivity contribution < 1.29 is 23.9 Å². The van der Waals surface area contributed by atoms with Crippen LogP contribution in [0.4, 0.5) is 0 Å². The minimum atomic E-state index is -0.717. The van der Waals surface area contributed by atoms with Crippen LogP contribution in [0.1, 0.15) is 26.3 Å². The zero-order valence-electron chi connectivity index (χ0n) is 21.3. The Morgan fingerprint density at radius 2 is 1.79 bits per heavy atom. The van der Waals surface area contributed by atoms with Gasteiger partial charge in [-0.1, -0.05) is 18.2 Å². The standard InChI is InChI=1S/C29H26N4O5/c1-4-37-24-12-10-21(11-13-24)27-22(18-33(31-27)23-8-6-5-7-9-23)16-25-19(2)26(17-30)29(36)32(28(25)35)14-15-38-20(3)34/h5-13,16,18H,4,14-15H2,1-3H3/b25-16-. The van der Waals surface area contributed by atoms with Crippen LogP contribution in [0.2, 0.25) is 0 Å². The Kier molecular flexibility index (Phi) is 7.83. The number of para-hydroxylation sites is 1. The molecule has 0 N–H and O–H groups in total. The highest BCUT2D eigenvalue weighted by Gasteiger charge is 2.35. The number of amides is 2. The van der Waals surface area contributed by atoms with E-state index in [-0.39, 0.29) is 29.9 Å². The maximum absolute atomic E-state index is 13.4. The van der Waals surface area contributed by atoms with Crippen molar-refractivity contribution in [2.45, 2.75) is 20.8 Å². The first kappa shape index (κ1) is 26.1. The Balaban J connectivity index is 1.82. The Bertz CT molecular complexity index is 1480. The molecular weight excluding hydrogens is 484 g/mol. The number of carbonyl (C=O) groups excluding carboxylic acids is 3. The van der Waals surface area contributed by atoms with E-state index in [0.29, 0.717) is 17.9 Å². The van der Waals surface area contributed by atoms with Gasteiger partial charge in [0.2, 0.25) is 0 Å². The number of esters is 1. The molecule has 0 aliphatic carbocycles. The molecule has 1 aliphatic rings. The van der Waals surface area contributed by atoms with E-state index in [4.69, 9.17) is 14.6 Å². The first-order valence-corrected chi connectivity index (χ1v) is 12.0. The van der Waals surface area contributed by atoms with Crippen molar-refractivity contribution in [2.24, 2.45) is 0 Å². The molecule has 9 heteroatoms. The van der Waals surface area contributed by atoms with Crippen molar-refractivity contribution in [2.75, 3.05) is 19.8 Å². The van der Waals surface area contributed by atoms with Crippen molar-refractivity contribution in [1.29, 1.82) is 5.26 Å². The average Bonchev–Trinajstić information content (AvgIpc) is 3.34. The van der Waals surface area contributed by atoms with E-state index < -0.39 is 17.8 Å². The number of benzene rings is 2. The molecule has 1 aliphatic heterocycles. The Hall–Kier alpha value is -4.97. The van der Waals surface area contributed by atoms with Crippen LogP contribution in [0.5, 0.6) is 5.75 Å². The lowest BCUT2D eigenvalue weighted by molar-refractivity contribution is -0.147. The predicted molar refractivity (Wildman–Crippen MR) is 140 cm³/mol. The number of nitrogens with zero attached hydrogens (tertiary/aromatic N) is 4. The summed E-state index contributed by atoms with van der Waals surface area (Å²) in [5.41, 5.74) is 3.15. The van der Waals surface area contributed by atoms with Gasteiger partial charge in [0, 0.05) is 29.8 Å². The second kappa shape index (κ2) is 11.4. The molecule has 0 unspecified atom stereocenters. The van der Waals surface area contributed by atoms with Crippen molar-refractivity contribution in [3.8, 4) is 28.8 Å². The van der Waals surface area contributed by atoms with Crippen LogP contribution < -0.4 is 4.74 Å². The third kappa shape index (κ3) is 5.39. The summed E-state index contributed by atoms with van der Waals surface area (Å²) in [6.45, 7) is 4.93. The number of carbonyl (C=O) groups is 3. The van der Waals surface area contributed by atoms with Gasteiger partial charge >= 0.3 is 5.97 Å². The summed E-state index contributed by atoms with van der Waals surface area (Å²) >= 11 is 0.